The van der Waals surface area contributed by atoms with Crippen molar-refractivity contribution in [1.29, 1.82) is 0 Å². The Labute approximate surface area is 156 Å². The maximum absolute atomic E-state index is 11.8. The van der Waals surface area contributed by atoms with Gasteiger partial charge in [0.1, 0.15) is 0 Å². The maximum Gasteiger partial charge on any atom is 0.402 e. The molecule has 0 unspecified atom stereocenters. The summed E-state index contributed by atoms with van der Waals surface area (Å²) in [5, 5.41) is -6.31. The van der Waals surface area contributed by atoms with E-state index in [2.05, 4.69) is 60.7 Å². The van der Waals surface area contributed by atoms with Gasteiger partial charge in [0.2, 0.25) is 0 Å². The Kier molecular flexibility index (Phi) is 7.89. The number of rotatable bonds is 5. The van der Waals surface area contributed by atoms with Gasteiger partial charge < -0.3 is 4.55 Å². The van der Waals surface area contributed by atoms with Crippen LogP contribution in [0, 0.1) is 7.14 Å². The zero-order valence-electron chi connectivity index (χ0n) is 12.6. The number of benzene rings is 2. The molecule has 2 aromatic rings. The molecule has 2 aromatic carbocycles. The van der Waals surface area contributed by atoms with Crippen molar-refractivity contribution in [3.8, 4) is 0 Å². The Morgan fingerprint density at radius 3 is 1.38 bits per heavy atom. The lowest BCUT2D eigenvalue weighted by molar-refractivity contribution is -0.597. The average Bonchev–Trinajstić information content (AvgIpc) is 2.56. The van der Waals surface area contributed by atoms with Crippen LogP contribution in [-0.4, -0.2) is 30.6 Å². The second-order valence-electron chi connectivity index (χ2n) is 4.58. The summed E-state index contributed by atoms with van der Waals surface area (Å²) in [6.07, 6.45) is -4.94. The Morgan fingerprint density at radius 2 is 1.15 bits per heavy atom. The van der Waals surface area contributed by atoms with Crippen molar-refractivity contribution in [1.82, 2.24) is 0 Å². The van der Waals surface area contributed by atoms with Crippen LogP contribution in [0.3, 0.4) is 0 Å². The first kappa shape index (κ1) is 22.7. The summed E-state index contributed by atoms with van der Waals surface area (Å²) in [4.78, 5) is 0. The predicted molar refractivity (Wildman–Crippen MR) is 75.9 cm³/mol. The number of hydrogen-bond donors (Lipinski definition) is 0. The molecule has 11 heteroatoms. The normalized spacial score (nSPS) is 12.5. The first-order valence-corrected chi connectivity index (χ1v) is 10.2. The molecule has 0 fully saturated rings. The molecule has 0 atom stereocenters. The van der Waals surface area contributed by atoms with Crippen molar-refractivity contribution < 1.29 is 60.5 Å². The first-order chi connectivity index (χ1) is 11.9. The van der Waals surface area contributed by atoms with E-state index in [-0.39, 0.29) is 21.2 Å². The highest BCUT2D eigenvalue weighted by atomic mass is 127. The fourth-order valence-electron chi connectivity index (χ4n) is 1.37. The molecule has 0 bridgehead atoms. The number of halogens is 7. The highest BCUT2D eigenvalue weighted by molar-refractivity contribution is 7.86. The molecule has 0 saturated carbocycles. The summed E-state index contributed by atoms with van der Waals surface area (Å²) in [5.41, 5.74) is 0. The van der Waals surface area contributed by atoms with E-state index in [0.29, 0.717) is 0 Å². The van der Waals surface area contributed by atoms with Crippen LogP contribution in [0.5, 0.6) is 0 Å². The van der Waals surface area contributed by atoms with Crippen molar-refractivity contribution in [3.05, 3.63) is 67.8 Å². The molecular formula is C15H11F6IO3S. The molecule has 144 valence electrons. The standard InChI is InChI=1S/C12H10I.C3H2F6O3S/c1-3-7-11(8-4-1)13-12-9-5-2-6-10-12;4-1(5)2(6,7)3(8,9)13(10,11)12/h1-10H;1H,(H,10,11,12)/q+1;/p-1. The molecule has 0 aromatic heterocycles. The second-order valence-corrected chi connectivity index (χ2v) is 9.03. The molecule has 0 saturated heterocycles. The molecule has 0 N–H and O–H groups in total. The van der Waals surface area contributed by atoms with Gasteiger partial charge in [-0.15, -0.1) is 0 Å². The second kappa shape index (κ2) is 9.04. The largest absolute Gasteiger partial charge is 0.743 e. The van der Waals surface area contributed by atoms with Gasteiger partial charge in [-0.1, -0.05) is 36.4 Å². The van der Waals surface area contributed by atoms with E-state index in [0.717, 1.165) is 0 Å². The SMILES string of the molecule is O=S(=O)([O-])C(F)(F)C(F)(F)C(F)F.c1ccc([I+]c2ccccc2)cc1. The van der Waals surface area contributed by atoms with Gasteiger partial charge in [-0.3, -0.25) is 0 Å². The summed E-state index contributed by atoms with van der Waals surface area (Å²) in [5.74, 6) is -6.19. The van der Waals surface area contributed by atoms with Crippen LogP contribution in [0.15, 0.2) is 60.7 Å². The van der Waals surface area contributed by atoms with Crippen LogP contribution in [0.4, 0.5) is 26.3 Å². The van der Waals surface area contributed by atoms with E-state index in [9.17, 15) is 39.3 Å². The maximum atomic E-state index is 11.8. The van der Waals surface area contributed by atoms with Crippen molar-refractivity contribution >= 4 is 10.1 Å². The van der Waals surface area contributed by atoms with Gasteiger partial charge >= 0.3 is 38.8 Å². The van der Waals surface area contributed by atoms with Crippen LogP contribution in [0.1, 0.15) is 0 Å². The van der Waals surface area contributed by atoms with E-state index in [4.69, 9.17) is 0 Å². The quantitative estimate of drug-likeness (QED) is 0.339. The smallest absolute Gasteiger partial charge is 0.402 e. The minimum Gasteiger partial charge on any atom is -0.743 e. The van der Waals surface area contributed by atoms with E-state index in [1.165, 1.54) is 7.14 Å². The minimum atomic E-state index is -6.82. The third-order valence-corrected chi connectivity index (χ3v) is 6.24. The fourth-order valence-corrected chi connectivity index (χ4v) is 4.07. The summed E-state index contributed by atoms with van der Waals surface area (Å²) >= 11 is 0.0287. The summed E-state index contributed by atoms with van der Waals surface area (Å²) in [6.45, 7) is 0. The monoisotopic (exact) mass is 512 g/mol. The van der Waals surface area contributed by atoms with Gasteiger partial charge in [0.25, 0.3) is 0 Å². The molecule has 2 rings (SSSR count). The lowest BCUT2D eigenvalue weighted by atomic mass is 10.4. The van der Waals surface area contributed by atoms with E-state index < -0.39 is 27.7 Å². The average molecular weight is 512 g/mol. The zero-order chi connectivity index (χ0) is 20.0. The summed E-state index contributed by atoms with van der Waals surface area (Å²) in [6, 6.07) is 21.4. The van der Waals surface area contributed by atoms with E-state index >= 15 is 0 Å². The molecule has 3 nitrogen and oxygen atoms in total. The molecule has 0 aliphatic heterocycles. The van der Waals surface area contributed by atoms with E-state index in [1.54, 1.807) is 0 Å². The molecule has 0 amide bonds. The molecule has 26 heavy (non-hydrogen) atoms. The lowest BCUT2D eigenvalue weighted by Crippen LogP contribution is -3.61. The molecule has 0 heterocycles. The van der Waals surface area contributed by atoms with Crippen LogP contribution in [0.25, 0.3) is 0 Å². The van der Waals surface area contributed by atoms with Crippen LogP contribution in [0.2, 0.25) is 0 Å². The van der Waals surface area contributed by atoms with Crippen molar-refractivity contribution in [3.63, 3.8) is 0 Å². The fraction of sp³-hybridized carbons (Fsp3) is 0.200. The van der Waals surface area contributed by atoms with Gasteiger partial charge in [-0.2, -0.15) is 17.6 Å². The lowest BCUT2D eigenvalue weighted by Gasteiger charge is -2.27. The molecule has 0 aliphatic rings. The Balaban J connectivity index is 0.000000260. The van der Waals surface area contributed by atoms with Gasteiger partial charge in [-0.05, 0) is 24.3 Å². The molecular weight excluding hydrogens is 501 g/mol. The summed E-state index contributed by atoms with van der Waals surface area (Å²) in [7, 11) is -6.82. The van der Waals surface area contributed by atoms with Crippen LogP contribution >= 0.6 is 0 Å². The predicted octanol–water partition coefficient (Wildman–Crippen LogP) is 0.840. The summed E-state index contributed by atoms with van der Waals surface area (Å²) < 4.78 is 101. The van der Waals surface area contributed by atoms with Crippen LogP contribution in [-0.2, 0) is 10.1 Å². The van der Waals surface area contributed by atoms with Gasteiger partial charge in [-0.25, -0.2) is 17.2 Å². The van der Waals surface area contributed by atoms with Crippen LogP contribution < -0.4 is 21.2 Å². The first-order valence-electron chi connectivity index (χ1n) is 6.63. The van der Waals surface area contributed by atoms with E-state index in [1.807, 2.05) is 0 Å². The Morgan fingerprint density at radius 1 is 0.808 bits per heavy atom. The van der Waals surface area contributed by atoms with Crippen molar-refractivity contribution in [2.75, 3.05) is 0 Å². The van der Waals surface area contributed by atoms with Gasteiger partial charge in [0, 0.05) is 0 Å². The molecule has 0 aliphatic carbocycles. The van der Waals surface area contributed by atoms with Gasteiger partial charge in [0.05, 0.1) is 0 Å². The van der Waals surface area contributed by atoms with Crippen molar-refractivity contribution in [2.45, 2.75) is 17.6 Å². The van der Waals surface area contributed by atoms with Crippen molar-refractivity contribution in [2.24, 2.45) is 0 Å². The minimum absolute atomic E-state index is 0.0287. The Hall–Kier alpha value is -1.34. The highest BCUT2D eigenvalue weighted by Crippen LogP contribution is 2.42. The number of alkyl halides is 6. The molecule has 0 radical (unpaired) electrons. The number of hydrogen-bond acceptors (Lipinski definition) is 3. The topological polar surface area (TPSA) is 57.2 Å². The highest BCUT2D eigenvalue weighted by Gasteiger charge is 2.67. The molecule has 0 spiro atoms. The third-order valence-electron chi connectivity index (χ3n) is 2.66. The van der Waals surface area contributed by atoms with Gasteiger partial charge in [0.15, 0.2) is 17.3 Å². The third kappa shape index (κ3) is 5.84. The zero-order valence-corrected chi connectivity index (χ0v) is 15.6. The Bertz CT molecular complexity index is 748.